The number of hydrogen-bond donors (Lipinski definition) is 1. The van der Waals surface area contributed by atoms with E-state index < -0.39 is 11.7 Å². The Morgan fingerprint density at radius 2 is 2.07 bits per heavy atom. The maximum Gasteiger partial charge on any atom is 0.416 e. The smallest absolute Gasteiger partial charge is 0.370 e. The molecule has 1 heterocycles. The van der Waals surface area contributed by atoms with Crippen LogP contribution in [0, 0.1) is 0 Å². The van der Waals surface area contributed by atoms with Gasteiger partial charge in [-0.3, -0.25) is 4.79 Å². The molecule has 1 saturated heterocycles. The van der Waals surface area contributed by atoms with Gasteiger partial charge in [0, 0.05) is 41.1 Å². The Labute approximate surface area is 180 Å². The topological polar surface area (TPSA) is 32.3 Å². The van der Waals surface area contributed by atoms with Gasteiger partial charge >= 0.3 is 6.18 Å². The average Bonchev–Trinajstić information content (AvgIpc) is 2.90. The number of likely N-dealkylation sites (N-methyl/N-ethyl adjacent to an activating group) is 1. The summed E-state index contributed by atoms with van der Waals surface area (Å²) in [5.74, 6) is -0.247. The molecule has 1 aliphatic heterocycles. The number of thioether (sulfide) groups is 1. The van der Waals surface area contributed by atoms with E-state index >= 15 is 0 Å². The van der Waals surface area contributed by atoms with E-state index in [-0.39, 0.29) is 12.5 Å². The first-order chi connectivity index (χ1) is 14.2. The Balaban J connectivity index is 1.75. The first kappa shape index (κ1) is 22.5. The molecule has 0 bridgehead atoms. The van der Waals surface area contributed by atoms with Crippen molar-refractivity contribution in [2.24, 2.45) is 0 Å². The molecule has 1 fully saturated rings. The second-order valence-electron chi connectivity index (χ2n) is 7.54. The Kier molecular flexibility index (Phi) is 7.01. The zero-order valence-corrected chi connectivity index (χ0v) is 18.3. The number of carbonyl (C=O) groups excluding carboxylic acids is 1. The highest BCUT2D eigenvalue weighted by Gasteiger charge is 2.31. The predicted molar refractivity (Wildman–Crippen MR) is 116 cm³/mol. The van der Waals surface area contributed by atoms with E-state index in [4.69, 9.17) is 0 Å². The fourth-order valence-electron chi connectivity index (χ4n) is 3.68. The van der Waals surface area contributed by atoms with Crippen LogP contribution in [0.5, 0.6) is 0 Å². The van der Waals surface area contributed by atoms with Crippen LogP contribution >= 0.6 is 11.8 Å². The quantitative estimate of drug-likeness (QED) is 0.647. The molecule has 3 nitrogen and oxygen atoms in total. The molecule has 3 rings (SSSR count). The number of hydrogen-bond acceptors (Lipinski definition) is 3. The van der Waals surface area contributed by atoms with Gasteiger partial charge in [-0.05, 0) is 56.0 Å². The van der Waals surface area contributed by atoms with Crippen molar-refractivity contribution in [2.45, 2.75) is 51.6 Å². The van der Waals surface area contributed by atoms with E-state index in [0.29, 0.717) is 22.8 Å². The summed E-state index contributed by atoms with van der Waals surface area (Å²) in [7, 11) is 0. The van der Waals surface area contributed by atoms with E-state index in [1.807, 2.05) is 24.8 Å². The molecule has 1 atom stereocenters. The van der Waals surface area contributed by atoms with Gasteiger partial charge in [0.25, 0.3) is 0 Å². The summed E-state index contributed by atoms with van der Waals surface area (Å²) < 4.78 is 38.7. The zero-order valence-electron chi connectivity index (χ0n) is 17.5. The van der Waals surface area contributed by atoms with Gasteiger partial charge in [0.15, 0.2) is 0 Å². The van der Waals surface area contributed by atoms with Crippen molar-refractivity contribution in [3.05, 3.63) is 69.3 Å². The number of rotatable bonds is 5. The minimum Gasteiger partial charge on any atom is -0.370 e. The molecule has 0 radical (unpaired) electrons. The van der Waals surface area contributed by atoms with Crippen LogP contribution in [0.25, 0.3) is 0 Å². The largest absolute Gasteiger partial charge is 0.416 e. The van der Waals surface area contributed by atoms with Crippen molar-refractivity contribution in [2.75, 3.05) is 13.1 Å². The summed E-state index contributed by atoms with van der Waals surface area (Å²) >= 11 is 1.87. The second kappa shape index (κ2) is 9.33. The van der Waals surface area contributed by atoms with Crippen LogP contribution < -0.4 is 5.32 Å². The van der Waals surface area contributed by atoms with E-state index in [9.17, 15) is 18.0 Å². The Morgan fingerprint density at radius 1 is 1.30 bits per heavy atom. The lowest BCUT2D eigenvalue weighted by molar-refractivity contribution is -0.137. The van der Waals surface area contributed by atoms with Crippen molar-refractivity contribution in [1.82, 2.24) is 10.2 Å². The number of nitrogens with zero attached hydrogens (tertiary/aromatic N) is 1. The summed E-state index contributed by atoms with van der Waals surface area (Å²) in [6, 6.07) is 5.05. The van der Waals surface area contributed by atoms with E-state index in [1.54, 1.807) is 6.07 Å². The molecule has 1 aromatic carbocycles. The third-order valence-electron chi connectivity index (χ3n) is 5.38. The van der Waals surface area contributed by atoms with Gasteiger partial charge in [0.1, 0.15) is 0 Å². The summed E-state index contributed by atoms with van der Waals surface area (Å²) in [6.07, 6.45) is 1.20. The maximum atomic E-state index is 12.9. The van der Waals surface area contributed by atoms with Gasteiger partial charge in [-0.1, -0.05) is 25.1 Å². The molecule has 7 heteroatoms. The molecule has 1 aromatic rings. The molecule has 2 aliphatic rings. The van der Waals surface area contributed by atoms with E-state index in [1.165, 1.54) is 16.7 Å². The normalized spacial score (nSPS) is 19.7. The number of allylic oxidation sites excluding steroid dienone is 3. The number of fused-ring (bicyclic) bond motifs is 1. The van der Waals surface area contributed by atoms with Crippen molar-refractivity contribution in [1.29, 1.82) is 0 Å². The van der Waals surface area contributed by atoms with Gasteiger partial charge < -0.3 is 10.2 Å². The van der Waals surface area contributed by atoms with E-state index in [2.05, 4.69) is 30.1 Å². The molecule has 1 N–H and O–H groups in total. The molecular formula is C23H27F3N2OS. The van der Waals surface area contributed by atoms with Gasteiger partial charge in [-0.25, -0.2) is 0 Å². The molecule has 1 aliphatic carbocycles. The standard InChI is InChI=1S/C23H27F3N2OS/c1-4-19-14-28(5-2)20-10-9-17(11-15(3)21(20)30-19)22(29)27-13-16-7-6-8-18(12-16)23(24,25)26/h6-8,10-12,19H,4-5,9,13-14H2,1-3H3,(H,27,29). The Bertz CT molecular complexity index is 902. The van der Waals surface area contributed by atoms with Crippen molar-refractivity contribution in [3.8, 4) is 0 Å². The lowest BCUT2D eigenvalue weighted by Crippen LogP contribution is -2.35. The van der Waals surface area contributed by atoms with Gasteiger partial charge in [0.2, 0.25) is 5.91 Å². The highest BCUT2D eigenvalue weighted by Crippen LogP contribution is 2.41. The third-order valence-corrected chi connectivity index (χ3v) is 6.96. The number of halogens is 3. The maximum absolute atomic E-state index is 12.9. The monoisotopic (exact) mass is 436 g/mol. The minimum atomic E-state index is -4.39. The van der Waals surface area contributed by atoms with Crippen LogP contribution in [-0.4, -0.2) is 29.1 Å². The fourth-order valence-corrected chi connectivity index (χ4v) is 5.02. The lowest BCUT2D eigenvalue weighted by atomic mass is 10.1. The number of benzene rings is 1. The molecule has 162 valence electrons. The highest BCUT2D eigenvalue weighted by molar-refractivity contribution is 8.04. The van der Waals surface area contributed by atoms with Crippen molar-refractivity contribution >= 4 is 17.7 Å². The molecule has 1 unspecified atom stereocenters. The van der Waals surface area contributed by atoms with Gasteiger partial charge in [-0.2, -0.15) is 13.2 Å². The summed E-state index contributed by atoms with van der Waals surface area (Å²) in [6.45, 7) is 8.31. The van der Waals surface area contributed by atoms with Crippen molar-refractivity contribution < 1.29 is 18.0 Å². The molecule has 30 heavy (non-hydrogen) atoms. The molecule has 0 spiro atoms. The minimum absolute atomic E-state index is 0.0556. The zero-order chi connectivity index (χ0) is 21.9. The molecule has 1 amide bonds. The fraction of sp³-hybridized carbons (Fsp3) is 0.435. The molecular weight excluding hydrogens is 409 g/mol. The first-order valence-corrected chi connectivity index (χ1v) is 11.1. The number of carbonyl (C=O) groups is 1. The number of amides is 1. The summed E-state index contributed by atoms with van der Waals surface area (Å²) in [4.78, 5) is 16.3. The summed E-state index contributed by atoms with van der Waals surface area (Å²) in [5, 5.41) is 3.30. The van der Waals surface area contributed by atoms with Crippen LogP contribution in [0.4, 0.5) is 13.2 Å². The number of alkyl halides is 3. The average molecular weight is 437 g/mol. The van der Waals surface area contributed by atoms with Crippen LogP contribution in [0.1, 0.15) is 44.7 Å². The Morgan fingerprint density at radius 3 is 2.73 bits per heavy atom. The SMILES string of the molecule is CCC1CN(CC)C2=CCC(C(=O)NCc3cccc(C(F)(F)F)c3)=CC(C)=C2S1. The number of nitrogens with one attached hydrogen (secondary N) is 1. The van der Waals surface area contributed by atoms with Gasteiger partial charge in [-0.15, -0.1) is 11.8 Å². The predicted octanol–water partition coefficient (Wildman–Crippen LogP) is 5.66. The highest BCUT2D eigenvalue weighted by atomic mass is 32.2. The van der Waals surface area contributed by atoms with Crippen LogP contribution in [0.15, 0.2) is 58.2 Å². The van der Waals surface area contributed by atoms with Crippen molar-refractivity contribution in [3.63, 3.8) is 0 Å². The first-order valence-electron chi connectivity index (χ1n) is 10.2. The van der Waals surface area contributed by atoms with Gasteiger partial charge in [0.05, 0.1) is 5.56 Å². The van der Waals surface area contributed by atoms with E-state index in [0.717, 1.165) is 37.2 Å². The summed E-state index contributed by atoms with van der Waals surface area (Å²) in [5.41, 5.74) is 2.58. The second-order valence-corrected chi connectivity index (χ2v) is 8.85. The molecule has 0 aromatic heterocycles. The Hall–Kier alpha value is -2.15. The van der Waals surface area contributed by atoms with Crippen LogP contribution in [-0.2, 0) is 17.5 Å². The molecule has 0 saturated carbocycles. The van der Waals surface area contributed by atoms with Crippen LogP contribution in [0.3, 0.4) is 0 Å². The van der Waals surface area contributed by atoms with Crippen LogP contribution in [0.2, 0.25) is 0 Å². The third kappa shape index (κ3) is 5.12. The lowest BCUT2D eigenvalue weighted by Gasteiger charge is -2.37.